The number of hydrogen-bond acceptors (Lipinski definition) is 4. The molecule has 152 valence electrons. The summed E-state index contributed by atoms with van der Waals surface area (Å²) in [5.74, 6) is 1.33. The number of aryl methyl sites for hydroxylation is 2. The van der Waals surface area contributed by atoms with Gasteiger partial charge in [0.1, 0.15) is 11.5 Å². The topological polar surface area (TPSA) is 70.8 Å². The van der Waals surface area contributed by atoms with E-state index in [9.17, 15) is 13.2 Å². The lowest BCUT2D eigenvalue weighted by atomic mass is 10.2. The van der Waals surface area contributed by atoms with Gasteiger partial charge in [-0.15, -0.1) is 0 Å². The van der Waals surface area contributed by atoms with E-state index in [1.807, 2.05) is 26.0 Å². The molecule has 0 radical (unpaired) electrons. The highest BCUT2D eigenvalue weighted by atomic mass is 32.2. The van der Waals surface area contributed by atoms with E-state index in [1.54, 1.807) is 60.5 Å². The van der Waals surface area contributed by atoms with Crippen LogP contribution in [-0.2, 0) is 16.6 Å². The van der Waals surface area contributed by atoms with E-state index in [0.717, 1.165) is 11.3 Å². The zero-order chi connectivity index (χ0) is 21.2. The van der Waals surface area contributed by atoms with Crippen molar-refractivity contribution in [3.63, 3.8) is 0 Å². The molecule has 6 nitrogen and oxygen atoms in total. The number of sulfonamides is 1. The molecule has 1 aromatic heterocycles. The Kier molecular flexibility index (Phi) is 5.79. The second kappa shape index (κ2) is 8.13. The molecule has 0 aliphatic rings. The SMILES string of the molecule is Cc1ccc(S(=O)(=O)N(C)c2ccc(C(=O)N(C)Cc3ccc(C)o3)cc2)cc1. The molecule has 2 aromatic carbocycles. The van der Waals surface area contributed by atoms with E-state index in [4.69, 9.17) is 4.42 Å². The quantitative estimate of drug-likeness (QED) is 0.614. The third-order valence-corrected chi connectivity index (χ3v) is 6.49. The van der Waals surface area contributed by atoms with E-state index >= 15 is 0 Å². The highest BCUT2D eigenvalue weighted by Gasteiger charge is 2.21. The number of hydrogen-bond donors (Lipinski definition) is 0. The molecular formula is C22H24N2O4S. The van der Waals surface area contributed by atoms with Gasteiger partial charge in [-0.3, -0.25) is 9.10 Å². The van der Waals surface area contributed by atoms with E-state index in [1.165, 1.54) is 11.4 Å². The number of carbonyl (C=O) groups excluding carboxylic acids is 1. The lowest BCUT2D eigenvalue weighted by molar-refractivity contribution is 0.0775. The Hall–Kier alpha value is -3.06. The van der Waals surface area contributed by atoms with Gasteiger partial charge < -0.3 is 9.32 Å². The van der Waals surface area contributed by atoms with Crippen molar-refractivity contribution >= 4 is 21.6 Å². The average molecular weight is 413 g/mol. The van der Waals surface area contributed by atoms with Crippen LogP contribution in [0.15, 0.2) is 70.0 Å². The van der Waals surface area contributed by atoms with Crippen molar-refractivity contribution in [2.75, 3.05) is 18.4 Å². The maximum atomic E-state index is 12.8. The van der Waals surface area contributed by atoms with Gasteiger partial charge in [0.05, 0.1) is 17.1 Å². The Balaban J connectivity index is 1.75. The van der Waals surface area contributed by atoms with Gasteiger partial charge in [-0.25, -0.2) is 8.42 Å². The number of carbonyl (C=O) groups is 1. The molecule has 0 N–H and O–H groups in total. The van der Waals surface area contributed by atoms with Crippen LogP contribution in [0.2, 0.25) is 0 Å². The Morgan fingerprint density at radius 2 is 1.52 bits per heavy atom. The van der Waals surface area contributed by atoms with Gasteiger partial charge in [-0.05, 0) is 62.4 Å². The Labute approximate surface area is 171 Å². The maximum absolute atomic E-state index is 12.8. The van der Waals surface area contributed by atoms with Gasteiger partial charge in [0.2, 0.25) is 0 Å². The summed E-state index contributed by atoms with van der Waals surface area (Å²) in [6, 6.07) is 16.9. The van der Waals surface area contributed by atoms with Crippen molar-refractivity contribution < 1.29 is 17.6 Å². The first kappa shape index (κ1) is 20.7. The third kappa shape index (κ3) is 4.51. The second-order valence-corrected chi connectivity index (χ2v) is 8.98. The first-order valence-corrected chi connectivity index (χ1v) is 10.6. The summed E-state index contributed by atoms with van der Waals surface area (Å²) in [4.78, 5) is 14.4. The van der Waals surface area contributed by atoms with Crippen LogP contribution in [0.5, 0.6) is 0 Å². The summed E-state index contributed by atoms with van der Waals surface area (Å²) in [5.41, 5.74) is 1.94. The molecule has 0 saturated carbocycles. The molecule has 0 bridgehead atoms. The fraction of sp³-hybridized carbons (Fsp3) is 0.227. The number of amides is 1. The molecule has 7 heteroatoms. The van der Waals surface area contributed by atoms with Crippen molar-refractivity contribution in [3.05, 3.63) is 83.3 Å². The summed E-state index contributed by atoms with van der Waals surface area (Å²) in [6.07, 6.45) is 0. The molecule has 0 fully saturated rings. The summed E-state index contributed by atoms with van der Waals surface area (Å²) < 4.78 is 32.4. The first-order valence-electron chi connectivity index (χ1n) is 9.15. The highest BCUT2D eigenvalue weighted by molar-refractivity contribution is 7.92. The molecule has 0 atom stereocenters. The van der Waals surface area contributed by atoms with Crippen molar-refractivity contribution in [2.24, 2.45) is 0 Å². The van der Waals surface area contributed by atoms with Crippen LogP contribution >= 0.6 is 0 Å². The van der Waals surface area contributed by atoms with Crippen molar-refractivity contribution in [3.8, 4) is 0 Å². The molecule has 1 heterocycles. The summed E-state index contributed by atoms with van der Waals surface area (Å²) >= 11 is 0. The van der Waals surface area contributed by atoms with Gasteiger partial charge >= 0.3 is 0 Å². The van der Waals surface area contributed by atoms with Crippen LogP contribution < -0.4 is 4.31 Å². The van der Waals surface area contributed by atoms with Crippen molar-refractivity contribution in [2.45, 2.75) is 25.3 Å². The van der Waals surface area contributed by atoms with E-state index in [2.05, 4.69) is 0 Å². The smallest absolute Gasteiger partial charge is 0.264 e. The number of nitrogens with zero attached hydrogens (tertiary/aromatic N) is 2. The monoisotopic (exact) mass is 412 g/mol. The van der Waals surface area contributed by atoms with Crippen molar-refractivity contribution in [1.29, 1.82) is 0 Å². The zero-order valence-electron chi connectivity index (χ0n) is 16.9. The number of benzene rings is 2. The van der Waals surface area contributed by atoms with Crippen LogP contribution in [0.3, 0.4) is 0 Å². The molecule has 29 heavy (non-hydrogen) atoms. The zero-order valence-corrected chi connectivity index (χ0v) is 17.7. The lowest BCUT2D eigenvalue weighted by Crippen LogP contribution is -2.27. The minimum absolute atomic E-state index is 0.172. The fourth-order valence-electron chi connectivity index (χ4n) is 2.92. The summed E-state index contributed by atoms with van der Waals surface area (Å²) in [5, 5.41) is 0. The molecule has 3 aromatic rings. The van der Waals surface area contributed by atoms with Crippen LogP contribution in [0.4, 0.5) is 5.69 Å². The molecule has 0 aliphatic heterocycles. The molecule has 0 unspecified atom stereocenters. The standard InChI is InChI=1S/C22H24N2O4S/c1-16-5-13-21(14-6-16)29(26,27)24(4)19-10-8-18(9-11-19)22(25)23(3)15-20-12-7-17(2)28-20/h5-14H,15H2,1-4H3. The Bertz CT molecular complexity index is 1100. The summed E-state index contributed by atoms with van der Waals surface area (Å²) in [7, 11) is -0.477. The minimum atomic E-state index is -3.67. The van der Waals surface area contributed by atoms with Crippen LogP contribution in [-0.4, -0.2) is 33.3 Å². The van der Waals surface area contributed by atoms with E-state index in [-0.39, 0.29) is 10.8 Å². The van der Waals surface area contributed by atoms with Crippen LogP contribution in [0.1, 0.15) is 27.4 Å². The molecule has 3 rings (SSSR count). The van der Waals surface area contributed by atoms with E-state index in [0.29, 0.717) is 23.6 Å². The first-order chi connectivity index (χ1) is 13.7. The Morgan fingerprint density at radius 1 is 0.897 bits per heavy atom. The molecule has 0 spiro atoms. The number of rotatable bonds is 6. The fourth-order valence-corrected chi connectivity index (χ4v) is 4.11. The largest absolute Gasteiger partial charge is 0.464 e. The van der Waals surface area contributed by atoms with Gasteiger partial charge in [0.25, 0.3) is 15.9 Å². The lowest BCUT2D eigenvalue weighted by Gasteiger charge is -2.20. The predicted octanol–water partition coefficient (Wildman–Crippen LogP) is 3.99. The van der Waals surface area contributed by atoms with Crippen molar-refractivity contribution in [1.82, 2.24) is 4.90 Å². The minimum Gasteiger partial charge on any atom is -0.464 e. The predicted molar refractivity (Wildman–Crippen MR) is 112 cm³/mol. The molecule has 0 aliphatic carbocycles. The number of anilines is 1. The number of furan rings is 1. The Morgan fingerprint density at radius 3 is 2.07 bits per heavy atom. The van der Waals surface area contributed by atoms with Gasteiger partial charge in [-0.1, -0.05) is 17.7 Å². The highest BCUT2D eigenvalue weighted by Crippen LogP contribution is 2.23. The average Bonchev–Trinajstić information content (AvgIpc) is 3.11. The second-order valence-electron chi connectivity index (χ2n) is 7.01. The normalized spacial score (nSPS) is 11.3. The van der Waals surface area contributed by atoms with Gasteiger partial charge in [-0.2, -0.15) is 0 Å². The summed E-state index contributed by atoms with van der Waals surface area (Å²) in [6.45, 7) is 4.11. The van der Waals surface area contributed by atoms with E-state index < -0.39 is 10.0 Å². The van der Waals surface area contributed by atoms with Crippen LogP contribution in [0.25, 0.3) is 0 Å². The van der Waals surface area contributed by atoms with Crippen LogP contribution in [0, 0.1) is 13.8 Å². The molecule has 1 amide bonds. The van der Waals surface area contributed by atoms with Gasteiger partial charge in [0.15, 0.2) is 0 Å². The molecule has 0 saturated heterocycles. The molecular weight excluding hydrogens is 388 g/mol. The van der Waals surface area contributed by atoms with Gasteiger partial charge in [0, 0.05) is 19.7 Å². The maximum Gasteiger partial charge on any atom is 0.264 e. The third-order valence-electron chi connectivity index (χ3n) is 4.69.